The number of hydrazine groups is 1. The minimum atomic E-state index is -2.37. The fourth-order valence-electron chi connectivity index (χ4n) is 5.01. The van der Waals surface area contributed by atoms with Crippen molar-refractivity contribution in [2.24, 2.45) is 5.92 Å². The number of pyridine rings is 2. The van der Waals surface area contributed by atoms with Crippen LogP contribution in [-0.2, 0) is 24.2 Å². The summed E-state index contributed by atoms with van der Waals surface area (Å²) in [6, 6.07) is 9.22. The summed E-state index contributed by atoms with van der Waals surface area (Å²) < 4.78 is 37.1. The second kappa shape index (κ2) is 24.5. The van der Waals surface area contributed by atoms with E-state index in [2.05, 4.69) is 58.9 Å². The van der Waals surface area contributed by atoms with Crippen LogP contribution in [0.15, 0.2) is 99.0 Å². The van der Waals surface area contributed by atoms with Crippen molar-refractivity contribution in [3.05, 3.63) is 127 Å². The van der Waals surface area contributed by atoms with Crippen LogP contribution in [0, 0.1) is 10.8 Å². The number of allylic oxidation sites excluding steroid dienone is 4. The van der Waals surface area contributed by atoms with E-state index in [4.69, 9.17) is 4.79 Å². The zero-order valence-corrected chi connectivity index (χ0v) is 28.1. The Bertz CT molecular complexity index is 1380. The smallest absolute Gasteiger partial charge is 0.252 e. The van der Waals surface area contributed by atoms with Crippen molar-refractivity contribution in [3.63, 3.8) is 0 Å². The standard InChI is InChI=1S/C17H23F2N3.C13H15N4O.C2H4O.C2H4.CH3F/c1-5-7-12(6-2)14-9-15(20-4)17-21-10-13(8-16(18)19)22(17)11(14)3;1-2-12-11(6-5-9-14-12)10-17(18)16-13-7-3-4-8-15-13;1-2-3;2*1-2/h5-7,10-11,14-16,20H,1-2,8-9H2,3-4H3;3-9H,2,10H2,1H3,(H,15,16,18);2H,1H3;1-2H2;1H3/q;+1;;;/b12-7+;;;;. The highest BCUT2D eigenvalue weighted by molar-refractivity contribution is 5.44. The molecule has 0 saturated carbocycles. The van der Waals surface area contributed by atoms with Gasteiger partial charge in [0.2, 0.25) is 6.43 Å². The summed E-state index contributed by atoms with van der Waals surface area (Å²) in [5.74, 6) is 1.56. The summed E-state index contributed by atoms with van der Waals surface area (Å²) in [6.07, 6.45) is 10.2. The van der Waals surface area contributed by atoms with E-state index >= 15 is 0 Å². The highest BCUT2D eigenvalue weighted by atomic mass is 19.3. The lowest BCUT2D eigenvalue weighted by molar-refractivity contribution is -0.534. The van der Waals surface area contributed by atoms with Crippen molar-refractivity contribution in [3.8, 4) is 0 Å². The zero-order chi connectivity index (χ0) is 35.8. The first kappa shape index (κ1) is 42.3. The molecule has 0 fully saturated rings. The summed E-state index contributed by atoms with van der Waals surface area (Å²) in [7, 11) is 2.37. The van der Waals surface area contributed by atoms with E-state index in [1.807, 2.05) is 48.9 Å². The Morgan fingerprint density at radius 3 is 2.32 bits per heavy atom. The number of rotatable bonds is 11. The molecule has 0 saturated heterocycles. The summed E-state index contributed by atoms with van der Waals surface area (Å²) in [5.41, 5.74) is 6.22. The van der Waals surface area contributed by atoms with E-state index in [0.29, 0.717) is 18.7 Å². The number of aryl methyl sites for hydroxylation is 1. The number of anilines is 1. The number of halogens is 3. The normalized spacial score (nSPS) is 16.1. The highest BCUT2D eigenvalue weighted by Gasteiger charge is 2.35. The Kier molecular flexibility index (Phi) is 22.1. The summed E-state index contributed by atoms with van der Waals surface area (Å²) >= 11 is 0. The fraction of sp³-hybridized carbons (Fsp3) is 0.371. The van der Waals surface area contributed by atoms with Gasteiger partial charge in [0.1, 0.15) is 17.0 Å². The van der Waals surface area contributed by atoms with Gasteiger partial charge in [-0.15, -0.1) is 18.6 Å². The van der Waals surface area contributed by atoms with Gasteiger partial charge in [-0.2, -0.15) is 0 Å². The van der Waals surface area contributed by atoms with Crippen molar-refractivity contribution in [2.75, 3.05) is 19.7 Å². The number of imidazole rings is 1. The maximum atomic E-state index is 12.8. The lowest BCUT2D eigenvalue weighted by Gasteiger charge is -2.37. The molecular formula is C35H49F3N7O2+. The second-order valence-electron chi connectivity index (χ2n) is 9.67. The van der Waals surface area contributed by atoms with Gasteiger partial charge in [-0.05, 0) is 63.6 Å². The predicted octanol–water partition coefficient (Wildman–Crippen LogP) is 7.77. The molecule has 3 aromatic rings. The van der Waals surface area contributed by atoms with Crippen molar-refractivity contribution in [1.82, 2.24) is 24.8 Å². The molecule has 1 aliphatic rings. The monoisotopic (exact) mass is 656 g/mol. The minimum absolute atomic E-state index is 0.0424. The number of carbonyl (C=O) groups excluding carboxylic acids is 1. The van der Waals surface area contributed by atoms with Crippen LogP contribution in [-0.4, -0.2) is 51.3 Å². The minimum Gasteiger partial charge on any atom is -0.327 e. The van der Waals surface area contributed by atoms with Crippen LogP contribution in [0.2, 0.25) is 0 Å². The molecular weight excluding hydrogens is 607 g/mol. The number of hydrogen-bond donors (Lipinski definition) is 2. The number of aromatic nitrogens is 4. The van der Waals surface area contributed by atoms with Crippen LogP contribution in [0.25, 0.3) is 0 Å². The maximum absolute atomic E-state index is 12.8. The molecule has 0 aromatic carbocycles. The van der Waals surface area contributed by atoms with Crippen LogP contribution in [0.5, 0.6) is 0 Å². The molecule has 256 valence electrons. The molecule has 0 aliphatic carbocycles. The molecule has 9 nitrogen and oxygen atoms in total. The van der Waals surface area contributed by atoms with Crippen LogP contribution < -0.4 is 10.7 Å². The van der Waals surface area contributed by atoms with Gasteiger partial charge in [0.15, 0.2) is 5.82 Å². The van der Waals surface area contributed by atoms with Gasteiger partial charge in [-0.3, -0.25) is 9.37 Å². The van der Waals surface area contributed by atoms with Crippen LogP contribution in [0.3, 0.4) is 0 Å². The van der Waals surface area contributed by atoms with E-state index in [0.717, 1.165) is 46.7 Å². The largest absolute Gasteiger partial charge is 0.327 e. The number of carbonyl (C=O) groups is 1. The Morgan fingerprint density at radius 2 is 1.79 bits per heavy atom. The van der Waals surface area contributed by atoms with Gasteiger partial charge in [-0.1, -0.05) is 44.4 Å². The molecule has 4 rings (SSSR count). The molecule has 47 heavy (non-hydrogen) atoms. The zero-order valence-electron chi connectivity index (χ0n) is 28.1. The number of nitroso groups, excluding NO2 is 1. The quantitative estimate of drug-likeness (QED) is 0.0715. The van der Waals surface area contributed by atoms with Gasteiger partial charge in [0.05, 0.1) is 24.5 Å². The van der Waals surface area contributed by atoms with Crippen LogP contribution >= 0.6 is 0 Å². The molecule has 1 aliphatic heterocycles. The molecule has 4 heterocycles. The van der Waals surface area contributed by atoms with Gasteiger partial charge in [-0.25, -0.2) is 18.7 Å². The van der Waals surface area contributed by atoms with Crippen LogP contribution in [0.4, 0.5) is 19.0 Å². The average molecular weight is 657 g/mol. The SMILES string of the molecule is C=C.C=C/C=C(\C=C)C1CC(NC)c2ncc(CC(F)F)n2C1C.CC=O.CCc1ncccc1C[N+](=O)Nc1ccccn1.CF. The molecule has 0 amide bonds. The lowest BCUT2D eigenvalue weighted by Crippen LogP contribution is -2.35. The van der Waals surface area contributed by atoms with Crippen molar-refractivity contribution < 1.29 is 22.8 Å². The van der Waals surface area contributed by atoms with E-state index in [9.17, 15) is 18.1 Å². The third kappa shape index (κ3) is 13.7. The van der Waals surface area contributed by atoms with E-state index in [1.54, 1.807) is 36.8 Å². The molecule has 0 spiro atoms. The van der Waals surface area contributed by atoms with Crippen LogP contribution in [0.1, 0.15) is 62.1 Å². The molecule has 3 unspecified atom stereocenters. The first-order valence-corrected chi connectivity index (χ1v) is 15.0. The Balaban J connectivity index is 0.000000766. The summed E-state index contributed by atoms with van der Waals surface area (Å²) in [5, 5.41) is 3.24. The summed E-state index contributed by atoms with van der Waals surface area (Å²) in [6.45, 7) is 19.4. The Labute approximate surface area is 277 Å². The van der Waals surface area contributed by atoms with Gasteiger partial charge in [0, 0.05) is 47.5 Å². The van der Waals surface area contributed by atoms with E-state index in [1.165, 1.54) is 6.92 Å². The number of nitrogens with zero attached hydrogens (tertiary/aromatic N) is 5. The van der Waals surface area contributed by atoms with Gasteiger partial charge < -0.3 is 14.7 Å². The Morgan fingerprint density at radius 1 is 1.13 bits per heavy atom. The Hall–Kier alpha value is -4.71. The molecule has 2 N–H and O–H groups in total. The molecule has 0 radical (unpaired) electrons. The third-order valence-corrected chi connectivity index (χ3v) is 6.92. The number of fused-ring (bicyclic) bond motifs is 1. The predicted molar refractivity (Wildman–Crippen MR) is 184 cm³/mol. The molecule has 3 aromatic heterocycles. The maximum Gasteiger partial charge on any atom is 0.252 e. The van der Waals surface area contributed by atoms with E-state index < -0.39 is 6.43 Å². The fourth-order valence-corrected chi connectivity index (χ4v) is 5.01. The number of aldehydes is 1. The topological polar surface area (TPSA) is 105 Å². The second-order valence-corrected chi connectivity index (χ2v) is 9.67. The lowest BCUT2D eigenvalue weighted by atomic mass is 9.82. The van der Waals surface area contributed by atoms with E-state index in [-0.39, 0.29) is 31.0 Å². The first-order chi connectivity index (χ1) is 22.7. The molecule has 3 atom stereocenters. The van der Waals surface area contributed by atoms with Gasteiger partial charge in [0.25, 0.3) is 6.54 Å². The first-order valence-electron chi connectivity index (χ1n) is 15.0. The number of alkyl halides is 3. The van der Waals surface area contributed by atoms with Crippen molar-refractivity contribution >= 4 is 12.1 Å². The average Bonchev–Trinajstić information content (AvgIpc) is 3.50. The third-order valence-electron chi connectivity index (χ3n) is 6.92. The van der Waals surface area contributed by atoms with Crippen molar-refractivity contribution in [2.45, 2.75) is 65.1 Å². The molecule has 12 heteroatoms. The summed E-state index contributed by atoms with van der Waals surface area (Å²) in [4.78, 5) is 34.0. The van der Waals surface area contributed by atoms with Crippen molar-refractivity contribution in [1.29, 1.82) is 0 Å². The highest BCUT2D eigenvalue weighted by Crippen LogP contribution is 2.41. The number of nitrogens with one attached hydrogen (secondary N) is 2. The molecule has 0 bridgehead atoms. The van der Waals surface area contributed by atoms with Gasteiger partial charge >= 0.3 is 0 Å². The number of hydrogen-bond acceptors (Lipinski definition) is 6.